The minimum atomic E-state index is 0.330. The summed E-state index contributed by atoms with van der Waals surface area (Å²) in [5.41, 5.74) is 7.25. The molecule has 0 aliphatic heterocycles. The van der Waals surface area contributed by atoms with Crippen molar-refractivity contribution in [1.82, 2.24) is 5.16 Å². The van der Waals surface area contributed by atoms with Gasteiger partial charge in [-0.2, -0.15) is 0 Å². The van der Waals surface area contributed by atoms with Crippen LogP contribution in [0.3, 0.4) is 0 Å². The predicted octanol–water partition coefficient (Wildman–Crippen LogP) is 4.19. The van der Waals surface area contributed by atoms with E-state index in [0.29, 0.717) is 11.1 Å². The molecule has 2 rings (SSSR count). The van der Waals surface area contributed by atoms with Gasteiger partial charge in [-0.25, -0.2) is 0 Å². The average Bonchev–Trinajstić information content (AvgIpc) is 2.67. The minimum absolute atomic E-state index is 0.330. The van der Waals surface area contributed by atoms with Gasteiger partial charge in [0.15, 0.2) is 0 Å². The van der Waals surface area contributed by atoms with Gasteiger partial charge >= 0.3 is 0 Å². The molecule has 0 unspecified atom stereocenters. The highest BCUT2D eigenvalue weighted by molar-refractivity contribution is 9.10. The second-order valence-electron chi connectivity index (χ2n) is 3.93. The summed E-state index contributed by atoms with van der Waals surface area (Å²) in [5, 5.41) is 4.45. The molecule has 0 aliphatic rings. The molecule has 1 aromatic heterocycles. The molecular weight excluding hydrogens is 300 g/mol. The van der Waals surface area contributed by atoms with Crippen LogP contribution in [-0.4, -0.2) is 10.4 Å². The summed E-state index contributed by atoms with van der Waals surface area (Å²) in [7, 11) is 0. The molecule has 0 saturated heterocycles. The van der Waals surface area contributed by atoms with Gasteiger partial charge in [-0.15, -0.1) is 11.8 Å². The third-order valence-corrected chi connectivity index (χ3v) is 4.12. The number of hydrogen-bond acceptors (Lipinski definition) is 4. The van der Waals surface area contributed by atoms with Crippen molar-refractivity contribution in [1.29, 1.82) is 0 Å². The Morgan fingerprint density at radius 2 is 2.12 bits per heavy atom. The van der Waals surface area contributed by atoms with Crippen molar-refractivity contribution >= 4 is 33.6 Å². The summed E-state index contributed by atoms with van der Waals surface area (Å²) in [4.78, 5) is 1.22. The highest BCUT2D eigenvalue weighted by Crippen LogP contribution is 2.33. The molecular formula is C12H13BrN2OS. The summed E-state index contributed by atoms with van der Waals surface area (Å²) >= 11 is 5.39. The Kier molecular flexibility index (Phi) is 3.79. The number of thioether (sulfide) groups is 1. The fraction of sp³-hybridized carbons (Fsp3) is 0.250. The van der Waals surface area contributed by atoms with Crippen LogP contribution in [0.1, 0.15) is 13.8 Å². The maximum Gasteiger partial charge on any atom is 0.222 e. The fourth-order valence-corrected chi connectivity index (χ4v) is 2.92. The quantitative estimate of drug-likeness (QED) is 0.863. The molecule has 0 atom stereocenters. The molecule has 5 heteroatoms. The van der Waals surface area contributed by atoms with Crippen LogP contribution < -0.4 is 5.73 Å². The highest BCUT2D eigenvalue weighted by Gasteiger charge is 2.08. The van der Waals surface area contributed by atoms with E-state index in [2.05, 4.69) is 41.0 Å². The normalized spacial score (nSPS) is 11.1. The van der Waals surface area contributed by atoms with E-state index >= 15 is 0 Å². The molecule has 2 N–H and O–H groups in total. The Morgan fingerprint density at radius 3 is 2.65 bits per heavy atom. The van der Waals surface area contributed by atoms with Crippen LogP contribution in [0.4, 0.5) is 5.88 Å². The molecule has 1 heterocycles. The Bertz CT molecular complexity index is 525. The Hall–Kier alpha value is -0.940. The van der Waals surface area contributed by atoms with E-state index in [1.807, 2.05) is 23.9 Å². The smallest absolute Gasteiger partial charge is 0.222 e. The number of nitrogen functional groups attached to an aromatic ring is 1. The zero-order valence-electron chi connectivity index (χ0n) is 9.61. The van der Waals surface area contributed by atoms with Crippen molar-refractivity contribution in [3.05, 3.63) is 28.7 Å². The summed E-state index contributed by atoms with van der Waals surface area (Å²) in [6, 6.07) is 7.85. The first kappa shape index (κ1) is 12.5. The van der Waals surface area contributed by atoms with Gasteiger partial charge in [-0.05, 0) is 28.1 Å². The number of hydrogen-bond donors (Lipinski definition) is 1. The van der Waals surface area contributed by atoms with Gasteiger partial charge in [0.25, 0.3) is 0 Å². The number of anilines is 1. The van der Waals surface area contributed by atoms with E-state index in [-0.39, 0.29) is 0 Å². The predicted molar refractivity (Wildman–Crippen MR) is 75.0 cm³/mol. The van der Waals surface area contributed by atoms with Gasteiger partial charge in [0.2, 0.25) is 5.88 Å². The van der Waals surface area contributed by atoms with E-state index in [0.717, 1.165) is 15.7 Å². The van der Waals surface area contributed by atoms with Crippen molar-refractivity contribution in [3.8, 4) is 11.3 Å². The molecule has 0 spiro atoms. The van der Waals surface area contributed by atoms with E-state index < -0.39 is 0 Å². The van der Waals surface area contributed by atoms with Gasteiger partial charge in [0.1, 0.15) is 5.69 Å². The van der Waals surface area contributed by atoms with Crippen LogP contribution in [-0.2, 0) is 0 Å². The number of benzene rings is 1. The van der Waals surface area contributed by atoms with Crippen LogP contribution in [0.2, 0.25) is 0 Å². The third kappa shape index (κ3) is 3.04. The Balaban J connectivity index is 2.30. The van der Waals surface area contributed by atoms with Crippen molar-refractivity contribution in [3.63, 3.8) is 0 Å². The van der Waals surface area contributed by atoms with Crippen molar-refractivity contribution in [2.24, 2.45) is 0 Å². The van der Waals surface area contributed by atoms with Crippen molar-refractivity contribution < 1.29 is 4.52 Å². The Morgan fingerprint density at radius 1 is 1.35 bits per heavy atom. The van der Waals surface area contributed by atoms with Gasteiger partial charge < -0.3 is 10.3 Å². The number of aromatic nitrogens is 1. The molecule has 3 nitrogen and oxygen atoms in total. The van der Waals surface area contributed by atoms with Crippen LogP contribution in [0, 0.1) is 0 Å². The van der Waals surface area contributed by atoms with E-state index in [1.54, 1.807) is 6.07 Å². The van der Waals surface area contributed by atoms with E-state index in [1.165, 1.54) is 4.90 Å². The van der Waals surface area contributed by atoms with Crippen LogP contribution in [0.25, 0.3) is 11.3 Å². The summed E-state index contributed by atoms with van der Waals surface area (Å²) in [6.07, 6.45) is 0. The number of halogens is 1. The van der Waals surface area contributed by atoms with Gasteiger partial charge in [-0.1, -0.05) is 25.1 Å². The largest absolute Gasteiger partial charge is 0.368 e. The van der Waals surface area contributed by atoms with E-state index in [4.69, 9.17) is 10.3 Å². The lowest BCUT2D eigenvalue weighted by Gasteiger charge is -2.08. The number of nitrogens with zero attached hydrogens (tertiary/aromatic N) is 1. The summed E-state index contributed by atoms with van der Waals surface area (Å²) in [5.74, 6) is 0.330. The summed E-state index contributed by atoms with van der Waals surface area (Å²) in [6.45, 7) is 4.34. The molecule has 1 aromatic carbocycles. The number of nitrogens with two attached hydrogens (primary N) is 1. The van der Waals surface area contributed by atoms with Crippen LogP contribution in [0.15, 0.2) is 38.2 Å². The molecule has 0 radical (unpaired) electrons. The van der Waals surface area contributed by atoms with Crippen molar-refractivity contribution in [2.75, 3.05) is 5.73 Å². The lowest BCUT2D eigenvalue weighted by molar-refractivity contribution is 0.439. The first-order valence-corrected chi connectivity index (χ1v) is 6.92. The maximum absolute atomic E-state index is 5.50. The second kappa shape index (κ2) is 5.14. The topological polar surface area (TPSA) is 52.0 Å². The molecule has 2 aromatic rings. The Labute approximate surface area is 113 Å². The molecule has 90 valence electrons. The second-order valence-corrected chi connectivity index (χ2v) is 6.40. The van der Waals surface area contributed by atoms with Gasteiger partial charge in [0.05, 0.1) is 0 Å². The molecule has 0 fully saturated rings. The first-order chi connectivity index (χ1) is 8.06. The monoisotopic (exact) mass is 312 g/mol. The molecule has 0 aliphatic carbocycles. The molecule has 0 saturated carbocycles. The van der Waals surface area contributed by atoms with Crippen LogP contribution >= 0.6 is 27.7 Å². The third-order valence-electron chi connectivity index (χ3n) is 2.12. The van der Waals surface area contributed by atoms with Gasteiger partial charge in [0, 0.05) is 26.2 Å². The lowest BCUT2D eigenvalue weighted by Crippen LogP contribution is -1.87. The van der Waals surface area contributed by atoms with Gasteiger partial charge in [-0.3, -0.25) is 0 Å². The molecule has 0 bridgehead atoms. The molecule has 17 heavy (non-hydrogen) atoms. The first-order valence-electron chi connectivity index (χ1n) is 5.25. The fourth-order valence-electron chi connectivity index (χ4n) is 1.44. The highest BCUT2D eigenvalue weighted by atomic mass is 79.9. The minimum Gasteiger partial charge on any atom is -0.368 e. The zero-order valence-corrected chi connectivity index (χ0v) is 12.0. The average molecular weight is 313 g/mol. The zero-order chi connectivity index (χ0) is 12.4. The number of rotatable bonds is 3. The lowest BCUT2D eigenvalue weighted by atomic mass is 10.1. The van der Waals surface area contributed by atoms with Crippen molar-refractivity contribution in [2.45, 2.75) is 24.0 Å². The van der Waals surface area contributed by atoms with E-state index in [9.17, 15) is 0 Å². The van der Waals surface area contributed by atoms with Crippen LogP contribution in [0.5, 0.6) is 0 Å². The standard InChI is InChI=1S/C12H13BrN2OS/c1-7(2)17-11-4-3-8(5-9(11)13)10-6-12(14)16-15-10/h3-7H,14H2,1-2H3. The molecule has 0 amide bonds. The maximum atomic E-state index is 5.50. The SMILES string of the molecule is CC(C)Sc1ccc(-c2cc(N)on2)cc1Br. The summed E-state index contributed by atoms with van der Waals surface area (Å²) < 4.78 is 5.93.